The Labute approximate surface area is 62.6 Å². The molecule has 0 saturated carbocycles. The van der Waals surface area contributed by atoms with Crippen molar-refractivity contribution >= 4 is 0 Å². The van der Waals surface area contributed by atoms with E-state index in [-0.39, 0.29) is 11.6 Å². The second-order valence-corrected chi connectivity index (χ2v) is 4.12. The van der Waals surface area contributed by atoms with E-state index in [1.165, 1.54) is 0 Å². The quantitative estimate of drug-likeness (QED) is 0.482. The third-order valence-corrected chi connectivity index (χ3v) is 2.53. The fraction of sp³-hybridized carbons (Fsp3) is 1.00. The largest absolute Gasteiger partial charge is 0.387 e. The van der Waals surface area contributed by atoms with Crippen LogP contribution in [0.15, 0.2) is 0 Å². The van der Waals surface area contributed by atoms with Crippen molar-refractivity contribution < 1.29 is 10.4 Å². The van der Waals surface area contributed by atoms with E-state index in [2.05, 4.69) is 26.1 Å². The number of hydrogen-bond acceptors (Lipinski definition) is 1. The molecule has 0 aromatic rings. The molecule has 1 aliphatic heterocycles. The summed E-state index contributed by atoms with van der Waals surface area (Å²) in [6.07, 6.45) is 0.833. The summed E-state index contributed by atoms with van der Waals surface area (Å²) in [5.74, 6) is 0.669. The first-order chi connectivity index (χ1) is 4.52. The van der Waals surface area contributed by atoms with Gasteiger partial charge in [0.05, 0.1) is 6.54 Å². The predicted molar refractivity (Wildman–Crippen MR) is 40.7 cm³/mol. The predicted octanol–water partition coefficient (Wildman–Crippen LogP) is -0.271. The standard InChI is InChI=1S/C8H17NO/c1-6-4-7(10)8(2,3)9-5-6/h6-7,9-10H,4-5H2,1-3H3/p+1/t6-,7+/m0/s1. The number of piperidine rings is 1. The van der Waals surface area contributed by atoms with Gasteiger partial charge in [0.2, 0.25) is 0 Å². The van der Waals surface area contributed by atoms with E-state index in [0.717, 1.165) is 13.0 Å². The van der Waals surface area contributed by atoms with Gasteiger partial charge in [-0.05, 0) is 20.3 Å². The van der Waals surface area contributed by atoms with Crippen molar-refractivity contribution in [1.29, 1.82) is 0 Å². The Balaban J connectivity index is 2.52. The van der Waals surface area contributed by atoms with Gasteiger partial charge in [-0.25, -0.2) is 0 Å². The summed E-state index contributed by atoms with van der Waals surface area (Å²) in [5, 5.41) is 11.8. The van der Waals surface area contributed by atoms with Gasteiger partial charge in [-0.2, -0.15) is 0 Å². The van der Waals surface area contributed by atoms with Gasteiger partial charge >= 0.3 is 0 Å². The van der Waals surface area contributed by atoms with Gasteiger partial charge in [-0.15, -0.1) is 0 Å². The van der Waals surface area contributed by atoms with Crippen molar-refractivity contribution in [2.45, 2.75) is 38.8 Å². The highest BCUT2D eigenvalue weighted by atomic mass is 16.3. The zero-order valence-electron chi connectivity index (χ0n) is 7.09. The molecular formula is C8H18NO+. The summed E-state index contributed by atoms with van der Waals surface area (Å²) in [6.45, 7) is 7.55. The summed E-state index contributed by atoms with van der Waals surface area (Å²) in [7, 11) is 0. The first-order valence-corrected chi connectivity index (χ1v) is 4.05. The second-order valence-electron chi connectivity index (χ2n) is 4.12. The van der Waals surface area contributed by atoms with Crippen molar-refractivity contribution in [1.82, 2.24) is 0 Å². The van der Waals surface area contributed by atoms with Gasteiger partial charge in [-0.3, -0.25) is 0 Å². The second kappa shape index (κ2) is 2.51. The molecule has 0 aromatic carbocycles. The number of quaternary nitrogens is 1. The zero-order valence-corrected chi connectivity index (χ0v) is 7.09. The van der Waals surface area contributed by atoms with Gasteiger partial charge in [-0.1, -0.05) is 6.92 Å². The Hall–Kier alpha value is -0.0800. The van der Waals surface area contributed by atoms with Gasteiger partial charge in [0.15, 0.2) is 0 Å². The number of hydrogen-bond donors (Lipinski definition) is 2. The third-order valence-electron chi connectivity index (χ3n) is 2.53. The fourth-order valence-electron chi connectivity index (χ4n) is 1.42. The highest BCUT2D eigenvalue weighted by Gasteiger charge is 2.36. The first kappa shape index (κ1) is 8.02. The van der Waals surface area contributed by atoms with Crippen LogP contribution in [0.3, 0.4) is 0 Å². The van der Waals surface area contributed by atoms with E-state index < -0.39 is 0 Å². The molecule has 60 valence electrons. The average Bonchev–Trinajstić information content (AvgIpc) is 1.81. The Morgan fingerprint density at radius 3 is 2.50 bits per heavy atom. The molecule has 1 rings (SSSR count). The van der Waals surface area contributed by atoms with E-state index in [9.17, 15) is 5.11 Å². The molecule has 10 heavy (non-hydrogen) atoms. The Morgan fingerprint density at radius 1 is 1.50 bits per heavy atom. The van der Waals surface area contributed by atoms with Crippen LogP contribution < -0.4 is 5.32 Å². The van der Waals surface area contributed by atoms with Crippen LogP contribution in [0.2, 0.25) is 0 Å². The number of nitrogens with two attached hydrogens (primary N) is 1. The zero-order chi connectivity index (χ0) is 7.78. The van der Waals surface area contributed by atoms with Crippen molar-refractivity contribution in [3.8, 4) is 0 Å². The topological polar surface area (TPSA) is 36.8 Å². The lowest BCUT2D eigenvalue weighted by Crippen LogP contribution is -3.00. The minimum absolute atomic E-state index is 0.0481. The van der Waals surface area contributed by atoms with Crippen LogP contribution in [-0.4, -0.2) is 23.3 Å². The summed E-state index contributed by atoms with van der Waals surface area (Å²) >= 11 is 0. The molecule has 1 heterocycles. The minimum atomic E-state index is -0.128. The van der Waals surface area contributed by atoms with E-state index >= 15 is 0 Å². The normalized spacial score (nSPS) is 39.6. The van der Waals surface area contributed by atoms with Crippen LogP contribution in [0.1, 0.15) is 27.2 Å². The monoisotopic (exact) mass is 144 g/mol. The lowest BCUT2D eigenvalue weighted by molar-refractivity contribution is -0.742. The summed E-state index contributed by atoms with van der Waals surface area (Å²) in [6, 6.07) is 0. The maximum atomic E-state index is 9.58. The number of aliphatic hydroxyl groups excluding tert-OH is 1. The van der Waals surface area contributed by atoms with Crippen LogP contribution in [0.4, 0.5) is 0 Å². The van der Waals surface area contributed by atoms with Gasteiger partial charge < -0.3 is 10.4 Å². The van der Waals surface area contributed by atoms with Gasteiger partial charge in [0.25, 0.3) is 0 Å². The molecule has 2 nitrogen and oxygen atoms in total. The maximum absolute atomic E-state index is 9.58. The number of rotatable bonds is 0. The van der Waals surface area contributed by atoms with Crippen LogP contribution in [0.25, 0.3) is 0 Å². The molecule has 0 unspecified atom stereocenters. The Bertz CT molecular complexity index is 122. The van der Waals surface area contributed by atoms with Gasteiger partial charge in [0, 0.05) is 5.92 Å². The van der Waals surface area contributed by atoms with Gasteiger partial charge in [0.1, 0.15) is 11.6 Å². The highest BCUT2D eigenvalue weighted by Crippen LogP contribution is 2.16. The van der Waals surface area contributed by atoms with Crippen LogP contribution in [0, 0.1) is 5.92 Å². The minimum Gasteiger partial charge on any atom is -0.387 e. The molecule has 2 atom stereocenters. The average molecular weight is 144 g/mol. The number of aliphatic hydroxyl groups is 1. The van der Waals surface area contributed by atoms with Crippen molar-refractivity contribution in [2.24, 2.45) is 5.92 Å². The molecule has 1 aliphatic rings. The molecule has 0 radical (unpaired) electrons. The molecule has 1 fully saturated rings. The third kappa shape index (κ3) is 1.50. The van der Waals surface area contributed by atoms with Crippen molar-refractivity contribution in [3.05, 3.63) is 0 Å². The fourth-order valence-corrected chi connectivity index (χ4v) is 1.42. The summed E-state index contributed by atoms with van der Waals surface area (Å²) in [4.78, 5) is 0. The van der Waals surface area contributed by atoms with E-state index in [4.69, 9.17) is 0 Å². The molecular weight excluding hydrogens is 126 g/mol. The molecule has 0 spiro atoms. The first-order valence-electron chi connectivity index (χ1n) is 4.05. The Morgan fingerprint density at radius 2 is 2.10 bits per heavy atom. The highest BCUT2D eigenvalue weighted by molar-refractivity contribution is 4.80. The SMILES string of the molecule is C[C@@H]1C[NH2+]C(C)(C)[C@H](O)C1. The van der Waals surface area contributed by atoms with E-state index in [0.29, 0.717) is 5.92 Å². The smallest absolute Gasteiger partial charge is 0.117 e. The van der Waals surface area contributed by atoms with E-state index in [1.54, 1.807) is 0 Å². The van der Waals surface area contributed by atoms with E-state index in [1.807, 2.05) is 0 Å². The Kier molecular flexibility index (Phi) is 2.02. The van der Waals surface area contributed by atoms with Crippen molar-refractivity contribution in [3.63, 3.8) is 0 Å². The van der Waals surface area contributed by atoms with Crippen LogP contribution >= 0.6 is 0 Å². The summed E-state index contributed by atoms with van der Waals surface area (Å²) < 4.78 is 0. The van der Waals surface area contributed by atoms with Crippen LogP contribution in [-0.2, 0) is 0 Å². The summed E-state index contributed by atoms with van der Waals surface area (Å²) in [5.41, 5.74) is 0.0481. The molecule has 3 N–H and O–H groups in total. The molecule has 0 amide bonds. The molecule has 2 heteroatoms. The molecule has 0 aromatic heterocycles. The molecule has 0 aliphatic carbocycles. The lowest BCUT2D eigenvalue weighted by atomic mass is 9.85. The lowest BCUT2D eigenvalue weighted by Gasteiger charge is -2.35. The maximum Gasteiger partial charge on any atom is 0.117 e. The van der Waals surface area contributed by atoms with Crippen LogP contribution in [0.5, 0.6) is 0 Å². The molecule has 0 bridgehead atoms. The van der Waals surface area contributed by atoms with Crippen molar-refractivity contribution in [2.75, 3.05) is 6.54 Å². The molecule has 1 saturated heterocycles.